The van der Waals surface area contributed by atoms with E-state index in [-0.39, 0.29) is 11.9 Å². The first-order valence-electron chi connectivity index (χ1n) is 5.54. The van der Waals surface area contributed by atoms with Crippen molar-refractivity contribution in [1.29, 1.82) is 0 Å². The van der Waals surface area contributed by atoms with Crippen molar-refractivity contribution >= 4 is 21.9 Å². The van der Waals surface area contributed by atoms with E-state index in [9.17, 15) is 4.79 Å². The lowest BCUT2D eigenvalue weighted by Gasteiger charge is -2.29. The summed E-state index contributed by atoms with van der Waals surface area (Å²) < 4.78 is 5.74. The van der Waals surface area contributed by atoms with Gasteiger partial charge in [-0.05, 0) is 37.1 Å². The molecule has 0 unspecified atom stereocenters. The lowest BCUT2D eigenvalue weighted by Crippen LogP contribution is -2.30. The lowest BCUT2D eigenvalue weighted by atomic mass is 9.75. The summed E-state index contributed by atoms with van der Waals surface area (Å²) in [4.78, 5) is 11.2. The molecule has 1 saturated carbocycles. The largest absolute Gasteiger partial charge is 0.469 e. The van der Waals surface area contributed by atoms with E-state index in [1.807, 2.05) is 24.3 Å². The molecule has 1 aromatic rings. The third-order valence-electron chi connectivity index (χ3n) is 2.94. The van der Waals surface area contributed by atoms with Crippen LogP contribution in [-0.2, 0) is 9.53 Å². The van der Waals surface area contributed by atoms with E-state index in [0.717, 1.165) is 22.9 Å². The maximum atomic E-state index is 11.2. The van der Waals surface area contributed by atoms with Gasteiger partial charge in [0.15, 0.2) is 0 Å². The van der Waals surface area contributed by atoms with Crippen molar-refractivity contribution in [1.82, 2.24) is 0 Å². The Bertz CT molecular complexity index is 461. The summed E-state index contributed by atoms with van der Waals surface area (Å²) in [6, 6.07) is 7.91. The molecule has 0 spiro atoms. The smallest absolute Gasteiger partial charge is 0.308 e. The highest BCUT2D eigenvalue weighted by atomic mass is 79.9. The van der Waals surface area contributed by atoms with E-state index in [0.29, 0.717) is 5.92 Å². The molecule has 2 rings (SSSR count). The molecule has 0 aromatic heterocycles. The third-order valence-corrected chi connectivity index (χ3v) is 3.47. The fourth-order valence-corrected chi connectivity index (χ4v) is 2.08. The van der Waals surface area contributed by atoms with Crippen LogP contribution in [0.15, 0.2) is 28.7 Å². The second-order valence-electron chi connectivity index (χ2n) is 4.16. The van der Waals surface area contributed by atoms with Gasteiger partial charge in [-0.1, -0.05) is 27.8 Å². The zero-order chi connectivity index (χ0) is 12.3. The molecule has 0 atom stereocenters. The third kappa shape index (κ3) is 3.10. The Kier molecular flexibility index (Phi) is 3.86. The minimum Gasteiger partial charge on any atom is -0.469 e. The van der Waals surface area contributed by atoms with Crippen LogP contribution in [0.1, 0.15) is 18.4 Å². The predicted octanol–water partition coefficient (Wildman–Crippen LogP) is 3.00. The van der Waals surface area contributed by atoms with E-state index in [1.165, 1.54) is 7.11 Å². The maximum absolute atomic E-state index is 11.2. The van der Waals surface area contributed by atoms with Gasteiger partial charge in [0.2, 0.25) is 0 Å². The Hall–Kier alpha value is -1.27. The van der Waals surface area contributed by atoms with Crippen molar-refractivity contribution in [2.75, 3.05) is 7.11 Å². The normalized spacial score (nSPS) is 22.0. The second-order valence-corrected chi connectivity index (χ2v) is 5.08. The molecule has 1 fully saturated rings. The molecule has 0 aliphatic heterocycles. The van der Waals surface area contributed by atoms with E-state index in [2.05, 4.69) is 32.5 Å². The zero-order valence-corrected chi connectivity index (χ0v) is 11.2. The van der Waals surface area contributed by atoms with Gasteiger partial charge in [-0.3, -0.25) is 4.79 Å². The maximum Gasteiger partial charge on any atom is 0.308 e. The second kappa shape index (κ2) is 5.37. The molecular weight excluding hydrogens is 280 g/mol. The summed E-state index contributed by atoms with van der Waals surface area (Å²) in [6.45, 7) is 0. The van der Waals surface area contributed by atoms with Crippen LogP contribution in [-0.4, -0.2) is 13.1 Å². The molecule has 1 aromatic carbocycles. The molecule has 1 aliphatic carbocycles. The zero-order valence-electron chi connectivity index (χ0n) is 9.57. The van der Waals surface area contributed by atoms with Gasteiger partial charge in [0.1, 0.15) is 0 Å². The van der Waals surface area contributed by atoms with Gasteiger partial charge in [0.05, 0.1) is 13.0 Å². The minimum absolute atomic E-state index is 0.0595. The van der Waals surface area contributed by atoms with Crippen molar-refractivity contribution in [2.45, 2.75) is 12.8 Å². The number of halogens is 1. The Balaban J connectivity index is 1.88. The number of methoxy groups -OCH3 is 1. The Morgan fingerprint density at radius 1 is 1.35 bits per heavy atom. The molecule has 1 aliphatic rings. The number of carbonyl (C=O) groups is 1. The standard InChI is InChI=1S/C14H13BrO2/c1-17-14(16)12-8-11(9-12)3-2-10-4-6-13(15)7-5-10/h4-7,11-12H,8-9H2,1H3. The summed E-state index contributed by atoms with van der Waals surface area (Å²) in [5, 5.41) is 0. The van der Waals surface area contributed by atoms with Crippen molar-refractivity contribution < 1.29 is 9.53 Å². The quantitative estimate of drug-likeness (QED) is 0.588. The van der Waals surface area contributed by atoms with Crippen LogP contribution >= 0.6 is 15.9 Å². The van der Waals surface area contributed by atoms with Crippen molar-refractivity contribution in [3.63, 3.8) is 0 Å². The first-order valence-corrected chi connectivity index (χ1v) is 6.33. The van der Waals surface area contributed by atoms with Gasteiger partial charge >= 0.3 is 5.97 Å². The van der Waals surface area contributed by atoms with Gasteiger partial charge in [-0.2, -0.15) is 0 Å². The molecule has 2 nitrogen and oxygen atoms in total. The molecule has 3 heteroatoms. The van der Waals surface area contributed by atoms with E-state index in [1.54, 1.807) is 0 Å². The summed E-state index contributed by atoms with van der Waals surface area (Å²) in [5.74, 6) is 6.61. The van der Waals surface area contributed by atoms with Crippen molar-refractivity contribution in [3.8, 4) is 11.8 Å². The topological polar surface area (TPSA) is 26.3 Å². The molecule has 0 heterocycles. The van der Waals surface area contributed by atoms with Gasteiger partial charge < -0.3 is 4.74 Å². The molecule has 0 N–H and O–H groups in total. The summed E-state index contributed by atoms with van der Waals surface area (Å²) in [5.41, 5.74) is 1.01. The number of esters is 1. The average molecular weight is 293 g/mol. The first-order chi connectivity index (χ1) is 8.19. The SMILES string of the molecule is COC(=O)C1CC(C#Cc2ccc(Br)cc2)C1. The lowest BCUT2D eigenvalue weighted by molar-refractivity contribution is -0.149. The summed E-state index contributed by atoms with van der Waals surface area (Å²) >= 11 is 3.38. The number of hydrogen-bond acceptors (Lipinski definition) is 2. The number of rotatable bonds is 1. The number of hydrogen-bond donors (Lipinski definition) is 0. The molecular formula is C14H13BrO2. The first kappa shape index (κ1) is 12.2. The number of ether oxygens (including phenoxy) is 1. The van der Waals surface area contributed by atoms with Crippen LogP contribution in [0, 0.1) is 23.7 Å². The van der Waals surface area contributed by atoms with Gasteiger partial charge in [-0.25, -0.2) is 0 Å². The van der Waals surface area contributed by atoms with Crippen LogP contribution in [0.4, 0.5) is 0 Å². The fraction of sp³-hybridized carbons (Fsp3) is 0.357. The predicted molar refractivity (Wildman–Crippen MR) is 69.3 cm³/mol. The molecule has 0 radical (unpaired) electrons. The highest BCUT2D eigenvalue weighted by Crippen LogP contribution is 2.33. The fourth-order valence-electron chi connectivity index (χ4n) is 1.81. The van der Waals surface area contributed by atoms with Crippen LogP contribution in [0.25, 0.3) is 0 Å². The number of carbonyl (C=O) groups excluding carboxylic acids is 1. The van der Waals surface area contributed by atoms with E-state index in [4.69, 9.17) is 0 Å². The monoisotopic (exact) mass is 292 g/mol. The highest BCUT2D eigenvalue weighted by Gasteiger charge is 2.34. The van der Waals surface area contributed by atoms with Crippen molar-refractivity contribution in [2.24, 2.45) is 11.8 Å². The van der Waals surface area contributed by atoms with Gasteiger partial charge in [-0.15, -0.1) is 0 Å². The molecule has 0 bridgehead atoms. The minimum atomic E-state index is -0.105. The highest BCUT2D eigenvalue weighted by molar-refractivity contribution is 9.10. The molecule has 88 valence electrons. The Labute approximate surface area is 109 Å². The van der Waals surface area contributed by atoms with E-state index >= 15 is 0 Å². The Morgan fingerprint density at radius 3 is 2.59 bits per heavy atom. The van der Waals surface area contributed by atoms with E-state index < -0.39 is 0 Å². The summed E-state index contributed by atoms with van der Waals surface area (Å²) in [6.07, 6.45) is 1.66. The van der Waals surface area contributed by atoms with Gasteiger partial charge in [0, 0.05) is 16.0 Å². The van der Waals surface area contributed by atoms with Crippen LogP contribution in [0.5, 0.6) is 0 Å². The molecule has 17 heavy (non-hydrogen) atoms. The van der Waals surface area contributed by atoms with Crippen LogP contribution in [0.3, 0.4) is 0 Å². The van der Waals surface area contributed by atoms with Crippen LogP contribution in [0.2, 0.25) is 0 Å². The van der Waals surface area contributed by atoms with Gasteiger partial charge in [0.25, 0.3) is 0 Å². The number of benzene rings is 1. The average Bonchev–Trinajstić information content (AvgIpc) is 2.29. The molecule has 0 saturated heterocycles. The molecule has 0 amide bonds. The van der Waals surface area contributed by atoms with Crippen LogP contribution < -0.4 is 0 Å². The Morgan fingerprint density at radius 2 is 2.00 bits per heavy atom. The summed E-state index contributed by atoms with van der Waals surface area (Å²) in [7, 11) is 1.43. The van der Waals surface area contributed by atoms with Crippen molar-refractivity contribution in [3.05, 3.63) is 34.3 Å².